The fourth-order valence-corrected chi connectivity index (χ4v) is 5.00. The highest BCUT2D eigenvalue weighted by molar-refractivity contribution is 7.89. The van der Waals surface area contributed by atoms with Crippen LogP contribution in [0.4, 0.5) is 5.69 Å². The van der Waals surface area contributed by atoms with Crippen LogP contribution in [0.1, 0.15) is 43.2 Å². The van der Waals surface area contributed by atoms with E-state index in [1.807, 2.05) is 6.92 Å². The van der Waals surface area contributed by atoms with E-state index in [0.29, 0.717) is 11.3 Å². The molecule has 3 rings (SSSR count). The molecule has 2 aromatic rings. The minimum absolute atomic E-state index is 0.0567. The summed E-state index contributed by atoms with van der Waals surface area (Å²) in [5.41, 5.74) is 7.51. The number of benzene rings is 2. The maximum Gasteiger partial charge on any atom is 0.242 e. The Balaban J connectivity index is 1.81. The standard InChI is InChI=1S/C22H28N4O3S/c1-15-7-13-19(14-8-15)30(28,29)26-20(16-5-3-2-4-6-16)22(27)25-18-11-9-17(10-12-18)21(23)24/h7-14,16,20,26H,2-6H2,1H3,(H3,23,24)(H,25,27)/t20-/m0/s1. The lowest BCUT2D eigenvalue weighted by Gasteiger charge is -2.30. The van der Waals surface area contributed by atoms with Gasteiger partial charge in [0, 0.05) is 11.3 Å². The van der Waals surface area contributed by atoms with Gasteiger partial charge in [0.1, 0.15) is 11.9 Å². The van der Waals surface area contributed by atoms with Gasteiger partial charge in [0.05, 0.1) is 4.90 Å². The molecule has 8 heteroatoms. The van der Waals surface area contributed by atoms with Gasteiger partial charge in [0.2, 0.25) is 15.9 Å². The fraction of sp³-hybridized carbons (Fsp3) is 0.364. The molecule has 2 aromatic carbocycles. The molecule has 1 amide bonds. The van der Waals surface area contributed by atoms with Crippen molar-refractivity contribution in [1.82, 2.24) is 4.72 Å². The molecule has 1 atom stereocenters. The molecular weight excluding hydrogens is 400 g/mol. The van der Waals surface area contributed by atoms with Gasteiger partial charge in [-0.05, 0) is 62.1 Å². The van der Waals surface area contributed by atoms with Gasteiger partial charge in [-0.15, -0.1) is 0 Å². The molecule has 0 unspecified atom stereocenters. The smallest absolute Gasteiger partial charge is 0.242 e. The third-order valence-corrected chi connectivity index (χ3v) is 6.94. The summed E-state index contributed by atoms with van der Waals surface area (Å²) in [5.74, 6) is -0.498. The Morgan fingerprint density at radius 3 is 2.20 bits per heavy atom. The van der Waals surface area contributed by atoms with E-state index < -0.39 is 16.1 Å². The van der Waals surface area contributed by atoms with Gasteiger partial charge in [-0.25, -0.2) is 8.42 Å². The number of carbonyl (C=O) groups is 1. The topological polar surface area (TPSA) is 125 Å². The van der Waals surface area contributed by atoms with Crippen LogP contribution >= 0.6 is 0 Å². The Kier molecular flexibility index (Phi) is 6.89. The van der Waals surface area contributed by atoms with Gasteiger partial charge in [-0.2, -0.15) is 4.72 Å². The molecule has 0 aromatic heterocycles. The van der Waals surface area contributed by atoms with Crippen LogP contribution in [0, 0.1) is 18.3 Å². The van der Waals surface area contributed by atoms with E-state index in [1.54, 1.807) is 48.5 Å². The summed E-state index contributed by atoms with van der Waals surface area (Å²) in [7, 11) is -3.84. The van der Waals surface area contributed by atoms with E-state index in [1.165, 1.54) is 0 Å². The van der Waals surface area contributed by atoms with Crippen LogP contribution in [-0.4, -0.2) is 26.2 Å². The van der Waals surface area contributed by atoms with Crippen LogP contribution in [-0.2, 0) is 14.8 Å². The van der Waals surface area contributed by atoms with Crippen molar-refractivity contribution in [2.75, 3.05) is 5.32 Å². The average Bonchev–Trinajstić information content (AvgIpc) is 2.73. The molecule has 0 spiro atoms. The lowest BCUT2D eigenvalue weighted by molar-refractivity contribution is -0.119. The van der Waals surface area contributed by atoms with Crippen LogP contribution in [0.5, 0.6) is 0 Å². The fourth-order valence-electron chi connectivity index (χ4n) is 3.74. The van der Waals surface area contributed by atoms with Gasteiger partial charge in [-0.1, -0.05) is 37.0 Å². The quantitative estimate of drug-likeness (QED) is 0.399. The Hall–Kier alpha value is -2.71. The molecule has 160 valence electrons. The summed E-state index contributed by atoms with van der Waals surface area (Å²) in [4.78, 5) is 13.2. The summed E-state index contributed by atoms with van der Waals surface area (Å²) in [6.07, 6.45) is 4.67. The van der Waals surface area contributed by atoms with Crippen molar-refractivity contribution in [2.45, 2.75) is 50.0 Å². The van der Waals surface area contributed by atoms with E-state index in [4.69, 9.17) is 11.1 Å². The number of rotatable bonds is 7. The van der Waals surface area contributed by atoms with Crippen molar-refractivity contribution in [3.05, 3.63) is 59.7 Å². The zero-order valence-corrected chi connectivity index (χ0v) is 17.8. The molecule has 0 saturated heterocycles. The number of amidine groups is 1. The lowest BCUT2D eigenvalue weighted by atomic mass is 9.84. The second-order valence-electron chi connectivity index (χ2n) is 7.79. The molecule has 1 fully saturated rings. The first-order chi connectivity index (χ1) is 14.3. The number of carbonyl (C=O) groups excluding carboxylic acids is 1. The zero-order chi connectivity index (χ0) is 21.7. The molecule has 0 aliphatic heterocycles. The first-order valence-electron chi connectivity index (χ1n) is 10.1. The third kappa shape index (κ3) is 5.46. The SMILES string of the molecule is Cc1ccc(S(=O)(=O)N[C@H](C(=O)Nc2ccc(C(=N)N)cc2)C2CCCCC2)cc1. The first kappa shape index (κ1) is 22.0. The molecule has 7 nitrogen and oxygen atoms in total. The third-order valence-electron chi connectivity index (χ3n) is 5.48. The molecule has 5 N–H and O–H groups in total. The molecule has 1 saturated carbocycles. The van der Waals surface area contributed by atoms with Crippen LogP contribution < -0.4 is 15.8 Å². The highest BCUT2D eigenvalue weighted by Gasteiger charge is 2.33. The normalized spacial score (nSPS) is 16.0. The molecular formula is C22H28N4O3S. The number of anilines is 1. The number of nitrogens with one attached hydrogen (secondary N) is 3. The van der Waals surface area contributed by atoms with Crippen molar-refractivity contribution >= 4 is 27.5 Å². The van der Waals surface area contributed by atoms with Crippen molar-refractivity contribution in [1.29, 1.82) is 5.41 Å². The highest BCUT2D eigenvalue weighted by atomic mass is 32.2. The maximum absolute atomic E-state index is 13.1. The van der Waals surface area contributed by atoms with E-state index in [2.05, 4.69) is 10.0 Å². The molecule has 30 heavy (non-hydrogen) atoms. The first-order valence-corrected chi connectivity index (χ1v) is 11.6. The van der Waals surface area contributed by atoms with Crippen LogP contribution in [0.2, 0.25) is 0 Å². The summed E-state index contributed by atoms with van der Waals surface area (Å²) in [6.45, 7) is 1.89. The van der Waals surface area contributed by atoms with Crippen molar-refractivity contribution in [3.8, 4) is 0 Å². The van der Waals surface area contributed by atoms with E-state index in [9.17, 15) is 13.2 Å². The zero-order valence-electron chi connectivity index (χ0n) is 17.0. The second-order valence-corrected chi connectivity index (χ2v) is 9.50. The minimum atomic E-state index is -3.84. The summed E-state index contributed by atoms with van der Waals surface area (Å²) in [5, 5.41) is 10.3. The van der Waals surface area contributed by atoms with Crippen molar-refractivity contribution < 1.29 is 13.2 Å². The van der Waals surface area contributed by atoms with Gasteiger partial charge in [0.15, 0.2) is 0 Å². The monoisotopic (exact) mass is 428 g/mol. The van der Waals surface area contributed by atoms with Gasteiger partial charge < -0.3 is 11.1 Å². The molecule has 0 heterocycles. The van der Waals surface area contributed by atoms with E-state index >= 15 is 0 Å². The van der Waals surface area contributed by atoms with E-state index in [-0.39, 0.29) is 22.6 Å². The van der Waals surface area contributed by atoms with Gasteiger partial charge >= 0.3 is 0 Å². The summed E-state index contributed by atoms with van der Waals surface area (Å²) < 4.78 is 28.5. The number of sulfonamides is 1. The maximum atomic E-state index is 13.1. The van der Waals surface area contributed by atoms with E-state index in [0.717, 1.165) is 37.7 Å². The summed E-state index contributed by atoms with van der Waals surface area (Å²) >= 11 is 0. The molecule has 0 radical (unpaired) electrons. The lowest BCUT2D eigenvalue weighted by Crippen LogP contribution is -2.49. The van der Waals surface area contributed by atoms with Gasteiger partial charge in [-0.3, -0.25) is 10.2 Å². The predicted molar refractivity (Wildman–Crippen MR) is 118 cm³/mol. The van der Waals surface area contributed by atoms with Crippen LogP contribution in [0.3, 0.4) is 0 Å². The average molecular weight is 429 g/mol. The Bertz CT molecular complexity index is 996. The Morgan fingerprint density at radius 2 is 1.63 bits per heavy atom. The number of aryl methyl sites for hydroxylation is 1. The molecule has 1 aliphatic rings. The van der Waals surface area contributed by atoms with Gasteiger partial charge in [0.25, 0.3) is 0 Å². The minimum Gasteiger partial charge on any atom is -0.384 e. The van der Waals surface area contributed by atoms with Crippen LogP contribution in [0.15, 0.2) is 53.4 Å². The Morgan fingerprint density at radius 1 is 1.03 bits per heavy atom. The number of hydrogen-bond donors (Lipinski definition) is 4. The van der Waals surface area contributed by atoms with Crippen LogP contribution in [0.25, 0.3) is 0 Å². The number of hydrogen-bond acceptors (Lipinski definition) is 4. The largest absolute Gasteiger partial charge is 0.384 e. The Labute approximate surface area is 177 Å². The summed E-state index contributed by atoms with van der Waals surface area (Å²) in [6, 6.07) is 12.3. The number of nitrogens with two attached hydrogens (primary N) is 1. The predicted octanol–water partition coefficient (Wildman–Crippen LogP) is 3.14. The number of amides is 1. The highest BCUT2D eigenvalue weighted by Crippen LogP contribution is 2.28. The van der Waals surface area contributed by atoms with Crippen molar-refractivity contribution in [3.63, 3.8) is 0 Å². The number of nitrogen functional groups attached to an aromatic ring is 1. The second kappa shape index (κ2) is 9.40. The van der Waals surface area contributed by atoms with Crippen molar-refractivity contribution in [2.24, 2.45) is 11.7 Å². The molecule has 1 aliphatic carbocycles. The molecule has 0 bridgehead atoms.